The third-order valence-corrected chi connectivity index (χ3v) is 4.54. The third kappa shape index (κ3) is 2.68. The first-order chi connectivity index (χ1) is 7.88. The van der Waals surface area contributed by atoms with E-state index < -0.39 is 32.7 Å². The monoisotopic (exact) mass is 355 g/mol. The van der Waals surface area contributed by atoms with Crippen LogP contribution in [0.2, 0.25) is 0 Å². The van der Waals surface area contributed by atoms with Gasteiger partial charge in [-0.15, -0.1) is 0 Å². The topological polar surface area (TPSA) is 23.5 Å². The molecule has 1 aliphatic heterocycles. The highest BCUT2D eigenvalue weighted by Gasteiger charge is 2.30. The minimum Gasteiger partial charge on any atom is -0.280 e. The van der Waals surface area contributed by atoms with Crippen LogP contribution in [-0.4, -0.2) is 8.48 Å². The van der Waals surface area contributed by atoms with Crippen molar-refractivity contribution >= 4 is 27.1 Å². The molecule has 17 heavy (non-hydrogen) atoms. The highest BCUT2D eigenvalue weighted by atomic mass is 127. The molecular weight excluding hydrogens is 346 g/mol. The Morgan fingerprint density at radius 3 is 2.65 bits per heavy atom. The zero-order valence-electron chi connectivity index (χ0n) is 8.79. The normalized spacial score (nSPS) is 15.2. The first-order valence-corrected chi connectivity index (χ1v) is 6.79. The van der Waals surface area contributed by atoms with Crippen LogP contribution in [-0.2, 0) is 6.18 Å². The number of aryl methyl sites for hydroxylation is 1. The van der Waals surface area contributed by atoms with Gasteiger partial charge in [0.1, 0.15) is 0 Å². The van der Waals surface area contributed by atoms with E-state index in [1.807, 2.05) is 0 Å². The van der Waals surface area contributed by atoms with Crippen molar-refractivity contribution in [3.63, 3.8) is 0 Å². The lowest BCUT2D eigenvalue weighted by molar-refractivity contribution is -0.137. The third-order valence-electron chi connectivity index (χ3n) is 2.31. The van der Waals surface area contributed by atoms with Crippen LogP contribution >= 0.6 is 21.0 Å². The van der Waals surface area contributed by atoms with Gasteiger partial charge in [0.05, 0.1) is 5.56 Å². The summed E-state index contributed by atoms with van der Waals surface area (Å²) in [7, 11) is 0. The molecule has 92 valence electrons. The van der Waals surface area contributed by atoms with Crippen molar-refractivity contribution in [3.8, 4) is 0 Å². The quantitative estimate of drug-likeness (QED) is 0.571. The number of fused-ring (bicyclic) bond motifs is 1. The molecule has 1 heterocycles. The van der Waals surface area contributed by atoms with Crippen LogP contribution in [0.15, 0.2) is 24.4 Å². The van der Waals surface area contributed by atoms with Crippen LogP contribution in [0.5, 0.6) is 0 Å². The highest BCUT2D eigenvalue weighted by molar-refractivity contribution is 14.1. The molecule has 1 aliphatic rings. The number of hydrogen-bond acceptors (Lipinski definition) is 2. The molecule has 0 spiro atoms. The van der Waals surface area contributed by atoms with Crippen molar-refractivity contribution in [2.24, 2.45) is 0 Å². The molecule has 6 heteroatoms. The Balaban J connectivity index is 2.76. The van der Waals surface area contributed by atoms with E-state index in [1.165, 1.54) is 6.20 Å². The van der Waals surface area contributed by atoms with Crippen LogP contribution in [0, 0.1) is 10.1 Å². The fourth-order valence-electron chi connectivity index (χ4n) is 1.53. The second kappa shape index (κ2) is 4.41. The molecular formula is C11H9F3INO. The summed E-state index contributed by atoms with van der Waals surface area (Å²) >= 11 is -1.01. The molecule has 0 radical (unpaired) electrons. The summed E-state index contributed by atoms with van der Waals surface area (Å²) in [5.41, 5.74) is -0.0772. The van der Waals surface area contributed by atoms with Gasteiger partial charge in [-0.25, -0.2) is 3.28 Å². The van der Waals surface area contributed by atoms with E-state index in [2.05, 4.69) is 0 Å². The van der Waals surface area contributed by atoms with E-state index in [1.54, 1.807) is 19.1 Å². The lowest BCUT2D eigenvalue weighted by Crippen LogP contribution is -2.13. The minimum atomic E-state index is -4.34. The Bertz CT molecular complexity index is 592. The van der Waals surface area contributed by atoms with Crippen molar-refractivity contribution in [1.82, 2.24) is 3.28 Å². The van der Waals surface area contributed by atoms with Gasteiger partial charge in [-0.05, 0) is 35.9 Å². The largest absolute Gasteiger partial charge is 0.416 e. The fourth-order valence-corrected chi connectivity index (χ4v) is 3.75. The molecule has 0 bridgehead atoms. The van der Waals surface area contributed by atoms with Crippen molar-refractivity contribution in [2.75, 3.05) is 0 Å². The number of rotatable bonds is 0. The average molecular weight is 355 g/mol. The Morgan fingerprint density at radius 2 is 2.00 bits per heavy atom. The lowest BCUT2D eigenvalue weighted by Gasteiger charge is -2.08. The van der Waals surface area contributed by atoms with E-state index in [-0.39, 0.29) is 0 Å². The number of hydroxylamine groups is 1. The predicted molar refractivity (Wildman–Crippen MR) is 65.9 cm³/mol. The molecule has 1 N–H and O–H groups in total. The van der Waals surface area contributed by atoms with Crippen LogP contribution < -0.4 is 5.22 Å². The standard InChI is InChI=1S/C11H9F3INO/c1-7-5-8(11(12,13)14)6-10-9(7)3-2-4-16(17)15-10/h2-6,17H,1H3. The number of nitrogens with zero attached hydrogens (tertiary/aromatic N) is 1. The Hall–Kier alpha value is -0.890. The zero-order valence-corrected chi connectivity index (χ0v) is 11.0. The van der Waals surface area contributed by atoms with E-state index in [9.17, 15) is 18.4 Å². The molecule has 0 aromatic heterocycles. The molecule has 0 saturated carbocycles. The Labute approximate surface area is 106 Å². The number of hydrogen-bond donors (Lipinski definition) is 1. The highest BCUT2D eigenvalue weighted by Crippen LogP contribution is 2.30. The van der Waals surface area contributed by atoms with Gasteiger partial charge >= 0.3 is 6.18 Å². The van der Waals surface area contributed by atoms with Crippen molar-refractivity contribution in [1.29, 1.82) is 0 Å². The fraction of sp³-hybridized carbons (Fsp3) is 0.182. The predicted octanol–water partition coefficient (Wildman–Crippen LogP) is 3.15. The van der Waals surface area contributed by atoms with Gasteiger partial charge in [0.2, 0.25) is 0 Å². The van der Waals surface area contributed by atoms with Gasteiger partial charge in [0.25, 0.3) is 0 Å². The number of alkyl halides is 3. The second-order valence-electron chi connectivity index (χ2n) is 3.57. The van der Waals surface area contributed by atoms with Crippen LogP contribution in [0.1, 0.15) is 11.1 Å². The summed E-state index contributed by atoms with van der Waals surface area (Å²) in [5, 5.41) is 10.2. The second-order valence-corrected chi connectivity index (χ2v) is 6.20. The van der Waals surface area contributed by atoms with Crippen molar-refractivity contribution in [3.05, 3.63) is 43.9 Å². The SMILES string of the molecule is Cc1cc(C(F)(F)F)cc2c1=CC=CN(O)I=2. The molecule has 0 amide bonds. The van der Waals surface area contributed by atoms with E-state index in [4.69, 9.17) is 0 Å². The van der Waals surface area contributed by atoms with Crippen LogP contribution in [0.25, 0.3) is 6.08 Å². The van der Waals surface area contributed by atoms with Crippen LogP contribution in [0.4, 0.5) is 13.2 Å². The van der Waals surface area contributed by atoms with Crippen molar-refractivity contribution < 1.29 is 18.4 Å². The van der Waals surface area contributed by atoms with Gasteiger partial charge in [0.15, 0.2) is 0 Å². The van der Waals surface area contributed by atoms with Crippen molar-refractivity contribution in [2.45, 2.75) is 13.1 Å². The van der Waals surface area contributed by atoms with Gasteiger partial charge in [-0.2, -0.15) is 13.2 Å². The molecule has 0 aliphatic carbocycles. The Morgan fingerprint density at radius 1 is 1.29 bits per heavy atom. The molecule has 0 fully saturated rings. The summed E-state index contributed by atoms with van der Waals surface area (Å²) in [5.74, 6) is 0. The van der Waals surface area contributed by atoms with Gasteiger partial charge in [-0.3, -0.25) is 5.21 Å². The molecule has 0 atom stereocenters. The maximum Gasteiger partial charge on any atom is 0.416 e. The first-order valence-electron chi connectivity index (χ1n) is 4.74. The number of halogens is 4. The first kappa shape index (κ1) is 12.6. The minimum absolute atomic E-state index is 0.573. The number of benzene rings is 1. The van der Waals surface area contributed by atoms with Gasteiger partial charge in [-0.1, -0.05) is 6.08 Å². The maximum absolute atomic E-state index is 12.6. The summed E-state index contributed by atoms with van der Waals surface area (Å²) < 4.78 is 39.5. The molecule has 1 aromatic rings. The van der Waals surface area contributed by atoms with E-state index >= 15 is 0 Å². The maximum atomic E-state index is 12.6. The van der Waals surface area contributed by atoms with Crippen LogP contribution in [0.3, 0.4) is 0 Å². The lowest BCUT2D eigenvalue weighted by atomic mass is 10.1. The molecule has 2 rings (SSSR count). The van der Waals surface area contributed by atoms with Gasteiger partial charge in [0, 0.05) is 30.4 Å². The van der Waals surface area contributed by atoms with E-state index in [0.717, 1.165) is 20.6 Å². The summed E-state index contributed by atoms with van der Waals surface area (Å²) in [6.07, 6.45) is 0.468. The molecule has 2 nitrogen and oxygen atoms in total. The summed E-state index contributed by atoms with van der Waals surface area (Å²) in [4.78, 5) is 0. The van der Waals surface area contributed by atoms with E-state index in [0.29, 0.717) is 8.72 Å². The zero-order chi connectivity index (χ0) is 12.6. The molecule has 0 unspecified atom stereocenters. The molecule has 0 saturated heterocycles. The summed E-state index contributed by atoms with van der Waals surface area (Å²) in [6, 6.07) is 2.27. The average Bonchev–Trinajstić information content (AvgIpc) is 2.37. The smallest absolute Gasteiger partial charge is 0.280 e. The number of allylic oxidation sites excluding steroid dienone is 1. The summed E-state index contributed by atoms with van der Waals surface area (Å²) in [6.45, 7) is 1.65. The Kier molecular flexibility index (Phi) is 3.26. The van der Waals surface area contributed by atoms with Gasteiger partial charge < -0.3 is 0 Å². The molecule has 1 aromatic carbocycles.